The highest BCUT2D eigenvalue weighted by Gasteiger charge is 2.15. The van der Waals surface area contributed by atoms with E-state index in [0.29, 0.717) is 25.3 Å². The fourth-order valence-corrected chi connectivity index (χ4v) is 1.76. The van der Waals surface area contributed by atoms with Crippen LogP contribution in [0, 0.1) is 0 Å². The molecule has 0 fully saturated rings. The van der Waals surface area contributed by atoms with E-state index in [9.17, 15) is 4.79 Å². The van der Waals surface area contributed by atoms with Gasteiger partial charge in [-0.05, 0) is 6.92 Å². The van der Waals surface area contributed by atoms with Gasteiger partial charge in [0, 0.05) is 38.6 Å². The monoisotopic (exact) mass is 263 g/mol. The summed E-state index contributed by atoms with van der Waals surface area (Å²) >= 11 is 0. The molecule has 0 amide bonds. The third-order valence-electron chi connectivity index (χ3n) is 2.74. The van der Waals surface area contributed by atoms with E-state index in [-0.39, 0.29) is 5.69 Å². The first kappa shape index (κ1) is 13.1. The molecule has 19 heavy (non-hydrogen) atoms. The number of hydrogen-bond acceptors (Lipinski definition) is 5. The Kier molecular flexibility index (Phi) is 3.84. The van der Waals surface area contributed by atoms with Gasteiger partial charge in [0.1, 0.15) is 5.82 Å². The van der Waals surface area contributed by atoms with Crippen LogP contribution in [-0.4, -0.2) is 31.9 Å². The molecule has 0 radical (unpaired) electrons. The number of aromatic nitrogens is 4. The smallest absolute Gasteiger partial charge is 0.361 e. The Balaban J connectivity index is 2.04. The van der Waals surface area contributed by atoms with Crippen molar-refractivity contribution in [2.24, 2.45) is 7.05 Å². The van der Waals surface area contributed by atoms with E-state index in [4.69, 9.17) is 10.5 Å². The number of carbonyl (C=O) groups is 1. The lowest BCUT2D eigenvalue weighted by molar-refractivity contribution is 0.0519. The number of nitrogens with zero attached hydrogens (tertiary/aromatic N) is 4. The maximum absolute atomic E-state index is 11.6. The van der Waals surface area contributed by atoms with Gasteiger partial charge < -0.3 is 15.0 Å². The summed E-state index contributed by atoms with van der Waals surface area (Å²) in [6.45, 7) is 2.65. The molecule has 0 spiro atoms. The molecule has 2 rings (SSSR count). The van der Waals surface area contributed by atoms with Gasteiger partial charge in [-0.15, -0.1) is 0 Å². The fraction of sp³-hybridized carbons (Fsp3) is 0.417. The molecule has 0 saturated heterocycles. The lowest BCUT2D eigenvalue weighted by Crippen LogP contribution is -2.10. The summed E-state index contributed by atoms with van der Waals surface area (Å²) in [4.78, 5) is 15.8. The highest BCUT2D eigenvalue weighted by Crippen LogP contribution is 2.11. The Labute approximate surface area is 111 Å². The molecule has 7 heteroatoms. The second-order valence-corrected chi connectivity index (χ2v) is 4.12. The number of nitrogen functional groups attached to an aromatic ring is 1. The minimum atomic E-state index is -0.490. The Morgan fingerprint density at radius 3 is 2.95 bits per heavy atom. The Hall–Kier alpha value is -2.31. The number of anilines is 1. The average molecular weight is 263 g/mol. The van der Waals surface area contributed by atoms with Crippen LogP contribution in [0.3, 0.4) is 0 Å². The van der Waals surface area contributed by atoms with Crippen molar-refractivity contribution in [2.45, 2.75) is 19.9 Å². The van der Waals surface area contributed by atoms with Gasteiger partial charge in [0.15, 0.2) is 5.69 Å². The van der Waals surface area contributed by atoms with Gasteiger partial charge in [0.25, 0.3) is 0 Å². The van der Waals surface area contributed by atoms with Crippen LogP contribution >= 0.6 is 0 Å². The van der Waals surface area contributed by atoms with Crippen LogP contribution in [0.4, 0.5) is 5.69 Å². The van der Waals surface area contributed by atoms with Crippen molar-refractivity contribution in [2.75, 3.05) is 12.3 Å². The molecule has 2 heterocycles. The number of ether oxygens (including phenoxy) is 1. The lowest BCUT2D eigenvalue weighted by atomic mass is 10.4. The highest BCUT2D eigenvalue weighted by atomic mass is 16.5. The lowest BCUT2D eigenvalue weighted by Gasteiger charge is -2.02. The maximum Gasteiger partial charge on any atom is 0.361 e. The molecule has 0 aliphatic rings. The van der Waals surface area contributed by atoms with Crippen molar-refractivity contribution >= 4 is 11.7 Å². The first-order chi connectivity index (χ1) is 9.11. The molecule has 0 unspecified atom stereocenters. The molecule has 0 saturated carbocycles. The quantitative estimate of drug-likeness (QED) is 0.799. The van der Waals surface area contributed by atoms with Gasteiger partial charge in [-0.3, -0.25) is 4.68 Å². The van der Waals surface area contributed by atoms with Gasteiger partial charge in [0.05, 0.1) is 12.3 Å². The van der Waals surface area contributed by atoms with Gasteiger partial charge in [-0.2, -0.15) is 5.10 Å². The second-order valence-electron chi connectivity index (χ2n) is 4.12. The molecule has 102 valence electrons. The van der Waals surface area contributed by atoms with Crippen LogP contribution < -0.4 is 5.73 Å². The summed E-state index contributed by atoms with van der Waals surface area (Å²) in [5.41, 5.74) is 6.25. The second kappa shape index (κ2) is 5.55. The Morgan fingerprint density at radius 1 is 1.53 bits per heavy atom. The Morgan fingerprint density at radius 2 is 2.32 bits per heavy atom. The van der Waals surface area contributed by atoms with Gasteiger partial charge >= 0.3 is 5.97 Å². The van der Waals surface area contributed by atoms with Crippen LogP contribution in [0.1, 0.15) is 23.2 Å². The van der Waals surface area contributed by atoms with Gasteiger partial charge in [-0.25, -0.2) is 9.78 Å². The maximum atomic E-state index is 11.6. The first-order valence-corrected chi connectivity index (χ1v) is 6.08. The predicted octanol–water partition coefficient (Wildman–Crippen LogP) is 0.618. The van der Waals surface area contributed by atoms with E-state index in [1.54, 1.807) is 24.0 Å². The molecule has 0 aliphatic carbocycles. The Bertz CT molecular complexity index is 572. The van der Waals surface area contributed by atoms with E-state index in [1.807, 2.05) is 17.8 Å². The third kappa shape index (κ3) is 2.93. The summed E-state index contributed by atoms with van der Waals surface area (Å²) in [5.74, 6) is 0.461. The molecular weight excluding hydrogens is 246 g/mol. The van der Waals surface area contributed by atoms with Crippen molar-refractivity contribution in [1.29, 1.82) is 0 Å². The van der Waals surface area contributed by atoms with Crippen molar-refractivity contribution < 1.29 is 9.53 Å². The first-order valence-electron chi connectivity index (χ1n) is 6.08. The largest absolute Gasteiger partial charge is 0.461 e. The van der Waals surface area contributed by atoms with Crippen LogP contribution in [0.15, 0.2) is 18.6 Å². The number of aryl methyl sites for hydroxylation is 3. The van der Waals surface area contributed by atoms with Crippen molar-refractivity contribution in [1.82, 2.24) is 19.3 Å². The molecular formula is C12H17N5O2. The van der Waals surface area contributed by atoms with E-state index in [1.165, 1.54) is 0 Å². The number of hydrogen-bond donors (Lipinski definition) is 1. The summed E-state index contributed by atoms with van der Waals surface area (Å²) in [6, 6.07) is 0. The fourth-order valence-electron chi connectivity index (χ4n) is 1.76. The normalized spacial score (nSPS) is 10.6. The standard InChI is InChI=1S/C12H17N5O2/c1-3-19-12(18)11-9(13)8-17(15-11)6-4-10-14-5-7-16(10)2/h5,7-8H,3-4,6,13H2,1-2H3. The van der Waals surface area contributed by atoms with Crippen LogP contribution in [-0.2, 0) is 24.8 Å². The summed E-state index contributed by atoms with van der Waals surface area (Å²) in [7, 11) is 1.93. The van der Waals surface area contributed by atoms with E-state index < -0.39 is 5.97 Å². The third-order valence-corrected chi connectivity index (χ3v) is 2.74. The number of imidazole rings is 1. The molecule has 0 bridgehead atoms. The van der Waals surface area contributed by atoms with Crippen LogP contribution in [0.25, 0.3) is 0 Å². The van der Waals surface area contributed by atoms with Crippen molar-refractivity contribution in [3.63, 3.8) is 0 Å². The summed E-state index contributed by atoms with van der Waals surface area (Å²) in [5, 5.41) is 4.14. The van der Waals surface area contributed by atoms with E-state index >= 15 is 0 Å². The molecule has 2 N–H and O–H groups in total. The average Bonchev–Trinajstić information content (AvgIpc) is 2.93. The minimum Gasteiger partial charge on any atom is -0.461 e. The number of esters is 1. The summed E-state index contributed by atoms with van der Waals surface area (Å²) < 4.78 is 8.46. The zero-order valence-electron chi connectivity index (χ0n) is 11.0. The molecule has 0 aromatic carbocycles. The molecule has 0 aliphatic heterocycles. The summed E-state index contributed by atoms with van der Waals surface area (Å²) in [6.07, 6.45) is 5.98. The highest BCUT2D eigenvalue weighted by molar-refractivity contribution is 5.92. The topological polar surface area (TPSA) is 88.0 Å². The zero-order valence-corrected chi connectivity index (χ0v) is 11.0. The SMILES string of the molecule is CCOC(=O)c1nn(CCc2nccn2C)cc1N. The molecule has 2 aromatic heterocycles. The number of rotatable bonds is 5. The molecule has 2 aromatic rings. The minimum absolute atomic E-state index is 0.168. The van der Waals surface area contributed by atoms with Crippen molar-refractivity contribution in [3.8, 4) is 0 Å². The van der Waals surface area contributed by atoms with Gasteiger partial charge in [0.2, 0.25) is 0 Å². The number of nitrogens with two attached hydrogens (primary N) is 1. The van der Waals surface area contributed by atoms with Crippen LogP contribution in [0.5, 0.6) is 0 Å². The zero-order chi connectivity index (χ0) is 13.8. The van der Waals surface area contributed by atoms with Gasteiger partial charge in [-0.1, -0.05) is 0 Å². The van der Waals surface area contributed by atoms with E-state index in [0.717, 1.165) is 5.82 Å². The van der Waals surface area contributed by atoms with E-state index in [2.05, 4.69) is 10.1 Å². The van der Waals surface area contributed by atoms with Crippen LogP contribution in [0.2, 0.25) is 0 Å². The predicted molar refractivity (Wildman–Crippen MR) is 69.5 cm³/mol. The molecule has 7 nitrogen and oxygen atoms in total. The van der Waals surface area contributed by atoms with Crippen molar-refractivity contribution in [3.05, 3.63) is 30.1 Å². The molecule has 0 atom stereocenters. The number of carbonyl (C=O) groups excluding carboxylic acids is 1.